The monoisotopic (exact) mass is 502 g/mol. The van der Waals surface area contributed by atoms with Gasteiger partial charge >= 0.3 is 5.97 Å². The van der Waals surface area contributed by atoms with Gasteiger partial charge in [-0.05, 0) is 27.9 Å². The predicted octanol–water partition coefficient (Wildman–Crippen LogP) is 4.42. The molecule has 188 valence electrons. The van der Waals surface area contributed by atoms with Crippen LogP contribution >= 0.6 is 0 Å². The van der Waals surface area contributed by atoms with Crippen LogP contribution in [0.1, 0.15) is 39.7 Å². The maximum atomic E-state index is 12.9. The van der Waals surface area contributed by atoms with E-state index < -0.39 is 32.6 Å². The lowest BCUT2D eigenvalue weighted by atomic mass is 9.99. The Hall–Kier alpha value is -3.06. The van der Waals surface area contributed by atoms with E-state index in [0.717, 1.165) is 15.9 Å². The third-order valence-corrected chi connectivity index (χ3v) is 11.7. The Kier molecular flexibility index (Phi) is 7.88. The molecule has 1 fully saturated rings. The molecule has 0 aliphatic carbocycles. The van der Waals surface area contributed by atoms with Gasteiger partial charge < -0.3 is 13.9 Å². The summed E-state index contributed by atoms with van der Waals surface area (Å²) in [5.74, 6) is -0.440. The fraction of sp³-hybridized carbons (Fsp3) is 0.333. The van der Waals surface area contributed by atoms with Crippen LogP contribution in [0.5, 0.6) is 0 Å². The molecular formula is C30H34O5Si. The zero-order valence-electron chi connectivity index (χ0n) is 21.3. The largest absolute Gasteiger partial charge is 0.454 e. The summed E-state index contributed by atoms with van der Waals surface area (Å²) < 4.78 is 18.8. The number of benzene rings is 3. The van der Waals surface area contributed by atoms with Crippen LogP contribution in [0.25, 0.3) is 0 Å². The summed E-state index contributed by atoms with van der Waals surface area (Å²) in [5, 5.41) is 1.86. The van der Waals surface area contributed by atoms with E-state index in [1.165, 1.54) is 6.92 Å². The average molecular weight is 503 g/mol. The van der Waals surface area contributed by atoms with Gasteiger partial charge in [0, 0.05) is 6.42 Å². The molecule has 1 aliphatic heterocycles. The van der Waals surface area contributed by atoms with Gasteiger partial charge in [-0.25, -0.2) is 4.79 Å². The Morgan fingerprint density at radius 3 is 1.83 bits per heavy atom. The number of carbonyl (C=O) groups is 2. The summed E-state index contributed by atoms with van der Waals surface area (Å²) in [6.45, 7) is 8.34. The number of hydrogen-bond acceptors (Lipinski definition) is 5. The van der Waals surface area contributed by atoms with Gasteiger partial charge in [0.05, 0.1) is 6.61 Å². The average Bonchev–Trinajstić information content (AvgIpc) is 2.86. The highest BCUT2D eigenvalue weighted by molar-refractivity contribution is 6.99. The van der Waals surface area contributed by atoms with Crippen molar-refractivity contribution in [1.82, 2.24) is 0 Å². The number of ether oxygens (including phenoxy) is 2. The first-order valence-electron chi connectivity index (χ1n) is 12.4. The van der Waals surface area contributed by atoms with E-state index in [4.69, 9.17) is 13.9 Å². The van der Waals surface area contributed by atoms with Crippen molar-refractivity contribution in [3.05, 3.63) is 96.6 Å². The minimum Gasteiger partial charge on any atom is -0.454 e. The molecular weight excluding hydrogens is 468 g/mol. The van der Waals surface area contributed by atoms with Crippen molar-refractivity contribution in [2.45, 2.75) is 64.1 Å². The smallest absolute Gasteiger partial charge is 0.338 e. The van der Waals surface area contributed by atoms with E-state index in [9.17, 15) is 9.59 Å². The molecule has 1 saturated heterocycles. The number of Topliss-reactive ketones (excluding diaryl/α,β-unsaturated/α-hetero) is 1. The summed E-state index contributed by atoms with van der Waals surface area (Å²) in [5.41, 5.74) is 0.987. The quantitative estimate of drug-likeness (QED) is 0.303. The van der Waals surface area contributed by atoms with E-state index >= 15 is 0 Å². The van der Waals surface area contributed by atoms with Crippen LogP contribution < -0.4 is 10.4 Å². The molecule has 0 saturated carbocycles. The topological polar surface area (TPSA) is 61.8 Å². The van der Waals surface area contributed by atoms with Gasteiger partial charge in [0.25, 0.3) is 8.32 Å². The summed E-state index contributed by atoms with van der Waals surface area (Å²) in [6, 6.07) is 30.1. The second kappa shape index (κ2) is 10.9. The molecule has 0 unspecified atom stereocenters. The molecule has 0 amide bonds. The second-order valence-corrected chi connectivity index (χ2v) is 14.6. The third-order valence-electron chi connectivity index (χ3n) is 6.67. The predicted molar refractivity (Wildman–Crippen MR) is 143 cm³/mol. The van der Waals surface area contributed by atoms with Gasteiger partial charge in [-0.3, -0.25) is 4.79 Å². The first kappa shape index (κ1) is 26.0. The fourth-order valence-electron chi connectivity index (χ4n) is 4.92. The van der Waals surface area contributed by atoms with Crippen LogP contribution in [0.15, 0.2) is 91.0 Å². The van der Waals surface area contributed by atoms with Gasteiger partial charge in [0.1, 0.15) is 11.9 Å². The van der Waals surface area contributed by atoms with Crippen molar-refractivity contribution < 1.29 is 23.5 Å². The Morgan fingerprint density at radius 1 is 0.889 bits per heavy atom. The SMILES string of the molecule is CC(=O)C[C@H](OCc1ccccc1)[C@H]1OC(=O)[C@H]1O[Si](c1ccccc1)(c1ccccc1)C(C)(C)C. The van der Waals surface area contributed by atoms with Crippen molar-refractivity contribution in [3.63, 3.8) is 0 Å². The minimum absolute atomic E-state index is 0.0276. The number of carbonyl (C=O) groups excluding carboxylic acids is 2. The van der Waals surface area contributed by atoms with Gasteiger partial charge in [0.2, 0.25) is 0 Å². The first-order chi connectivity index (χ1) is 17.2. The third kappa shape index (κ3) is 5.36. The second-order valence-electron chi connectivity index (χ2n) is 10.3. The Bertz CT molecular complexity index is 1120. The van der Waals surface area contributed by atoms with E-state index in [2.05, 4.69) is 45.0 Å². The highest BCUT2D eigenvalue weighted by Crippen LogP contribution is 2.40. The normalized spacial score (nSPS) is 18.7. The lowest BCUT2D eigenvalue weighted by Gasteiger charge is -2.49. The Balaban J connectivity index is 1.70. The number of hydrogen-bond donors (Lipinski definition) is 0. The van der Waals surface area contributed by atoms with Crippen LogP contribution in [0, 0.1) is 0 Å². The van der Waals surface area contributed by atoms with Crippen LogP contribution in [0.2, 0.25) is 5.04 Å². The molecule has 0 bridgehead atoms. The number of ketones is 1. The molecule has 0 N–H and O–H groups in total. The van der Waals surface area contributed by atoms with Crippen LogP contribution in [0.3, 0.4) is 0 Å². The van der Waals surface area contributed by atoms with E-state index in [-0.39, 0.29) is 17.2 Å². The lowest BCUT2D eigenvalue weighted by Crippen LogP contribution is -2.72. The van der Waals surface area contributed by atoms with E-state index in [0.29, 0.717) is 6.61 Å². The maximum Gasteiger partial charge on any atom is 0.338 e. The summed E-state index contributed by atoms with van der Waals surface area (Å²) in [4.78, 5) is 25.0. The van der Waals surface area contributed by atoms with Gasteiger partial charge in [-0.1, -0.05) is 112 Å². The van der Waals surface area contributed by atoms with Crippen LogP contribution in [-0.4, -0.2) is 38.4 Å². The maximum absolute atomic E-state index is 12.9. The van der Waals surface area contributed by atoms with Crippen molar-refractivity contribution in [2.75, 3.05) is 0 Å². The molecule has 6 heteroatoms. The molecule has 0 spiro atoms. The van der Waals surface area contributed by atoms with Crippen molar-refractivity contribution >= 4 is 30.4 Å². The van der Waals surface area contributed by atoms with Crippen molar-refractivity contribution in [3.8, 4) is 0 Å². The summed E-state index contributed by atoms with van der Waals surface area (Å²) in [7, 11) is -2.98. The highest BCUT2D eigenvalue weighted by atomic mass is 28.4. The van der Waals surface area contributed by atoms with E-state index in [1.54, 1.807) is 0 Å². The van der Waals surface area contributed by atoms with Crippen LogP contribution in [0.4, 0.5) is 0 Å². The zero-order valence-corrected chi connectivity index (χ0v) is 22.3. The standard InChI is InChI=1S/C30H34O5Si/c1-22(31)20-26(33-21-23-14-8-5-9-15-23)27-28(29(32)34-27)35-36(30(2,3)4,24-16-10-6-11-17-24)25-18-12-7-13-19-25/h5-19,26-28H,20-21H2,1-4H3/t26-,27+,28-/m0/s1. The molecule has 5 nitrogen and oxygen atoms in total. The molecule has 0 aromatic heterocycles. The molecule has 3 atom stereocenters. The molecule has 1 heterocycles. The van der Waals surface area contributed by atoms with Gasteiger partial charge in [-0.2, -0.15) is 0 Å². The molecule has 36 heavy (non-hydrogen) atoms. The van der Waals surface area contributed by atoms with Gasteiger partial charge in [0.15, 0.2) is 12.2 Å². The fourth-order valence-corrected chi connectivity index (χ4v) is 9.55. The first-order valence-corrected chi connectivity index (χ1v) is 14.3. The lowest BCUT2D eigenvalue weighted by molar-refractivity contribution is -0.215. The van der Waals surface area contributed by atoms with E-state index in [1.807, 2.05) is 66.7 Å². The molecule has 3 aromatic rings. The number of rotatable bonds is 10. The molecule has 4 rings (SSSR count). The Morgan fingerprint density at radius 2 is 1.39 bits per heavy atom. The van der Waals surface area contributed by atoms with Crippen molar-refractivity contribution in [2.24, 2.45) is 0 Å². The zero-order chi connectivity index (χ0) is 25.8. The molecule has 1 aliphatic rings. The van der Waals surface area contributed by atoms with Gasteiger partial charge in [-0.15, -0.1) is 0 Å². The Labute approximate surface area is 214 Å². The molecule has 0 radical (unpaired) electrons. The minimum atomic E-state index is -2.98. The van der Waals surface area contributed by atoms with Crippen molar-refractivity contribution in [1.29, 1.82) is 0 Å². The summed E-state index contributed by atoms with van der Waals surface area (Å²) in [6.07, 6.45) is -1.93. The highest BCUT2D eigenvalue weighted by Gasteiger charge is 2.58. The number of esters is 1. The molecule has 3 aromatic carbocycles. The number of cyclic esters (lactones) is 1. The summed E-state index contributed by atoms with van der Waals surface area (Å²) >= 11 is 0. The van der Waals surface area contributed by atoms with Crippen LogP contribution in [-0.2, 0) is 30.1 Å².